The second-order valence-corrected chi connectivity index (χ2v) is 6.35. The number of fused-ring (bicyclic) bond motifs is 1. The lowest BCUT2D eigenvalue weighted by atomic mass is 10.1. The number of hydrogen-bond acceptors (Lipinski definition) is 6. The Balaban J connectivity index is 2.09. The molecule has 0 spiro atoms. The van der Waals surface area contributed by atoms with Crippen molar-refractivity contribution in [2.75, 3.05) is 40.5 Å². The molecule has 8 heteroatoms. The monoisotopic (exact) mass is 376 g/mol. The topological polar surface area (TPSA) is 93.2 Å². The van der Waals surface area contributed by atoms with Crippen molar-refractivity contribution in [3.05, 3.63) is 35.4 Å². The molecule has 0 fully saturated rings. The maximum Gasteiger partial charge on any atom is 0.310 e. The Hall–Kier alpha value is -2.74. The summed E-state index contributed by atoms with van der Waals surface area (Å²) in [4.78, 5) is 51.8. The van der Waals surface area contributed by atoms with Gasteiger partial charge in [-0.3, -0.25) is 24.1 Å². The van der Waals surface area contributed by atoms with Crippen LogP contribution in [0.3, 0.4) is 0 Å². The molecule has 0 bridgehead atoms. The number of amides is 3. The largest absolute Gasteiger partial charge is 0.469 e. The standard InChI is InChI=1S/C19H24N2O6/c1-13(19(25)27-3)11-20(9-6-10-26-2)16(22)12-21-17(23)14-7-4-5-8-15(14)18(21)24/h4-5,7-8,13H,6,9-12H2,1-3H3. The minimum absolute atomic E-state index is 0.137. The Morgan fingerprint density at radius 1 is 1.11 bits per heavy atom. The smallest absolute Gasteiger partial charge is 0.310 e. The highest BCUT2D eigenvalue weighted by molar-refractivity contribution is 6.22. The highest BCUT2D eigenvalue weighted by atomic mass is 16.5. The highest BCUT2D eigenvalue weighted by Crippen LogP contribution is 2.22. The van der Waals surface area contributed by atoms with Crippen LogP contribution in [0.15, 0.2) is 24.3 Å². The van der Waals surface area contributed by atoms with Gasteiger partial charge in [0.2, 0.25) is 5.91 Å². The first-order chi connectivity index (χ1) is 12.9. The van der Waals surface area contributed by atoms with Crippen LogP contribution in [0.5, 0.6) is 0 Å². The van der Waals surface area contributed by atoms with Crippen LogP contribution in [0, 0.1) is 5.92 Å². The van der Waals surface area contributed by atoms with E-state index in [0.29, 0.717) is 30.7 Å². The molecule has 0 aromatic heterocycles. The Bertz CT molecular complexity index is 698. The van der Waals surface area contributed by atoms with Crippen LogP contribution < -0.4 is 0 Å². The highest BCUT2D eigenvalue weighted by Gasteiger charge is 2.37. The average molecular weight is 376 g/mol. The van der Waals surface area contributed by atoms with E-state index in [1.165, 1.54) is 12.0 Å². The van der Waals surface area contributed by atoms with Gasteiger partial charge in [0, 0.05) is 26.8 Å². The van der Waals surface area contributed by atoms with Crippen molar-refractivity contribution in [2.45, 2.75) is 13.3 Å². The maximum absolute atomic E-state index is 12.8. The lowest BCUT2D eigenvalue weighted by molar-refractivity contribution is -0.146. The third-order valence-electron chi connectivity index (χ3n) is 4.40. The molecule has 1 aromatic rings. The number of carbonyl (C=O) groups is 4. The molecule has 1 aromatic carbocycles. The molecule has 0 aliphatic carbocycles. The predicted octanol–water partition coefficient (Wildman–Crippen LogP) is 0.957. The first-order valence-electron chi connectivity index (χ1n) is 8.70. The normalized spacial score (nSPS) is 14.1. The zero-order chi connectivity index (χ0) is 20.0. The number of imide groups is 1. The third kappa shape index (κ3) is 4.71. The number of ether oxygens (including phenoxy) is 2. The zero-order valence-electron chi connectivity index (χ0n) is 15.8. The quantitative estimate of drug-likeness (QED) is 0.362. The van der Waals surface area contributed by atoms with Crippen LogP contribution >= 0.6 is 0 Å². The van der Waals surface area contributed by atoms with Crippen molar-refractivity contribution in [2.24, 2.45) is 5.92 Å². The first kappa shape index (κ1) is 20.6. The number of hydrogen-bond donors (Lipinski definition) is 0. The summed E-state index contributed by atoms with van der Waals surface area (Å²) in [6.45, 7) is 2.22. The van der Waals surface area contributed by atoms with Gasteiger partial charge in [0.1, 0.15) is 6.54 Å². The van der Waals surface area contributed by atoms with E-state index < -0.39 is 29.6 Å². The van der Waals surface area contributed by atoms with E-state index in [4.69, 9.17) is 9.47 Å². The fourth-order valence-corrected chi connectivity index (χ4v) is 2.94. The number of carbonyl (C=O) groups excluding carboxylic acids is 4. The summed E-state index contributed by atoms with van der Waals surface area (Å²) < 4.78 is 9.72. The van der Waals surface area contributed by atoms with Crippen molar-refractivity contribution in [1.82, 2.24) is 9.80 Å². The molecule has 1 aliphatic heterocycles. The van der Waals surface area contributed by atoms with E-state index in [1.54, 1.807) is 38.3 Å². The molecule has 0 N–H and O–H groups in total. The molecule has 3 amide bonds. The number of rotatable bonds is 9. The number of nitrogens with zero attached hydrogens (tertiary/aromatic N) is 2. The summed E-state index contributed by atoms with van der Waals surface area (Å²) in [5.41, 5.74) is 0.591. The Morgan fingerprint density at radius 3 is 2.22 bits per heavy atom. The van der Waals surface area contributed by atoms with Gasteiger partial charge in [-0.2, -0.15) is 0 Å². The number of esters is 1. The fraction of sp³-hybridized carbons (Fsp3) is 0.474. The summed E-state index contributed by atoms with van der Waals surface area (Å²) in [6.07, 6.45) is 0.568. The average Bonchev–Trinajstić information content (AvgIpc) is 2.91. The predicted molar refractivity (Wildman–Crippen MR) is 96.1 cm³/mol. The van der Waals surface area contributed by atoms with Crippen molar-refractivity contribution in [3.63, 3.8) is 0 Å². The summed E-state index contributed by atoms with van der Waals surface area (Å²) in [6, 6.07) is 6.47. The van der Waals surface area contributed by atoms with Gasteiger partial charge in [-0.1, -0.05) is 19.1 Å². The van der Waals surface area contributed by atoms with Gasteiger partial charge in [-0.25, -0.2) is 0 Å². The van der Waals surface area contributed by atoms with E-state index in [2.05, 4.69) is 0 Å². The molecule has 1 unspecified atom stereocenters. The second-order valence-electron chi connectivity index (χ2n) is 6.35. The number of benzene rings is 1. The van der Waals surface area contributed by atoms with E-state index in [1.807, 2.05) is 0 Å². The van der Waals surface area contributed by atoms with Crippen LogP contribution in [0.4, 0.5) is 0 Å². The molecule has 1 atom stereocenters. The van der Waals surface area contributed by atoms with E-state index in [-0.39, 0.29) is 13.1 Å². The number of methoxy groups -OCH3 is 2. The summed E-state index contributed by atoms with van der Waals surface area (Å²) >= 11 is 0. The molecule has 27 heavy (non-hydrogen) atoms. The van der Waals surface area contributed by atoms with Crippen molar-refractivity contribution in [3.8, 4) is 0 Å². The molecule has 8 nitrogen and oxygen atoms in total. The summed E-state index contributed by atoms with van der Waals surface area (Å²) in [5, 5.41) is 0. The molecule has 2 rings (SSSR count). The first-order valence-corrected chi connectivity index (χ1v) is 8.70. The van der Waals surface area contributed by atoms with Crippen LogP contribution in [-0.4, -0.2) is 74.0 Å². The van der Waals surface area contributed by atoms with Crippen LogP contribution in [0.25, 0.3) is 0 Å². The van der Waals surface area contributed by atoms with Gasteiger partial charge < -0.3 is 14.4 Å². The van der Waals surface area contributed by atoms with Gasteiger partial charge in [-0.05, 0) is 18.6 Å². The van der Waals surface area contributed by atoms with E-state index >= 15 is 0 Å². The van der Waals surface area contributed by atoms with Crippen molar-refractivity contribution >= 4 is 23.7 Å². The molecular weight excluding hydrogens is 352 g/mol. The zero-order valence-corrected chi connectivity index (χ0v) is 15.8. The SMILES string of the molecule is COCCCN(CC(C)C(=O)OC)C(=O)CN1C(=O)c2ccccc2C1=O. The minimum atomic E-state index is -0.524. The molecule has 0 radical (unpaired) electrons. The Morgan fingerprint density at radius 2 is 1.70 bits per heavy atom. The lowest BCUT2D eigenvalue weighted by Gasteiger charge is -2.26. The molecule has 0 saturated heterocycles. The minimum Gasteiger partial charge on any atom is -0.469 e. The third-order valence-corrected chi connectivity index (χ3v) is 4.40. The van der Waals surface area contributed by atoms with Crippen molar-refractivity contribution < 1.29 is 28.7 Å². The Labute approximate surface area is 158 Å². The fourth-order valence-electron chi connectivity index (χ4n) is 2.94. The van der Waals surface area contributed by atoms with E-state index in [9.17, 15) is 19.2 Å². The molecule has 1 heterocycles. The molecule has 0 saturated carbocycles. The molecule has 1 aliphatic rings. The molecule has 146 valence electrons. The lowest BCUT2D eigenvalue weighted by Crippen LogP contribution is -2.45. The van der Waals surface area contributed by atoms with Gasteiger partial charge >= 0.3 is 5.97 Å². The van der Waals surface area contributed by atoms with Crippen LogP contribution in [-0.2, 0) is 19.1 Å². The van der Waals surface area contributed by atoms with Gasteiger partial charge in [-0.15, -0.1) is 0 Å². The van der Waals surface area contributed by atoms with Gasteiger partial charge in [0.25, 0.3) is 11.8 Å². The summed E-state index contributed by atoms with van der Waals surface area (Å²) in [7, 11) is 2.84. The Kier molecular flexibility index (Phi) is 7.06. The van der Waals surface area contributed by atoms with E-state index in [0.717, 1.165) is 4.90 Å². The molecular formula is C19H24N2O6. The maximum atomic E-state index is 12.8. The van der Waals surface area contributed by atoms with Crippen LogP contribution in [0.2, 0.25) is 0 Å². The summed E-state index contributed by atoms with van der Waals surface area (Å²) in [5.74, 6) is -2.33. The van der Waals surface area contributed by atoms with Crippen LogP contribution in [0.1, 0.15) is 34.1 Å². The van der Waals surface area contributed by atoms with Gasteiger partial charge in [0.15, 0.2) is 0 Å². The second kappa shape index (κ2) is 9.27. The van der Waals surface area contributed by atoms with Crippen molar-refractivity contribution in [1.29, 1.82) is 0 Å². The van der Waals surface area contributed by atoms with Gasteiger partial charge in [0.05, 0.1) is 24.2 Å².